The molecule has 4 heteroatoms. The van der Waals surface area contributed by atoms with Crippen molar-refractivity contribution in [2.24, 2.45) is 0 Å². The summed E-state index contributed by atoms with van der Waals surface area (Å²) in [5.41, 5.74) is 0. The summed E-state index contributed by atoms with van der Waals surface area (Å²) in [6.07, 6.45) is 5.23. The topological polar surface area (TPSA) is 25.8 Å². The second-order valence-electron chi connectivity index (χ2n) is 1.33. The van der Waals surface area contributed by atoms with Gasteiger partial charge in [-0.25, -0.2) is 0 Å². The fourth-order valence-corrected chi connectivity index (χ4v) is 2.64. The van der Waals surface area contributed by atoms with Gasteiger partial charge in [0.05, 0.1) is 0 Å². The molecule has 38 valence electrons. The van der Waals surface area contributed by atoms with Crippen LogP contribution in [-0.4, -0.2) is 9.97 Å². The third-order valence-corrected chi connectivity index (χ3v) is 5.08. The van der Waals surface area contributed by atoms with Crippen molar-refractivity contribution in [2.75, 3.05) is 0 Å². The molecule has 1 heterocycles. The minimum atomic E-state index is -0.637. The van der Waals surface area contributed by atoms with E-state index < -0.39 is 15.2 Å². The third kappa shape index (κ3) is 1.60. The van der Waals surface area contributed by atoms with Gasteiger partial charge >= 0.3 is 61.6 Å². The molecule has 8 heavy (non-hydrogen) atoms. The average Bonchev–Trinajstić information content (AvgIpc) is 1.90. The molecular weight excluding hydrogens is 221 g/mol. The quantitative estimate of drug-likeness (QED) is 0.649. The molecule has 0 N–H and O–H groups in total. The SMILES string of the molecule is [Br][Zn][c]1cnccn1. The van der Waals surface area contributed by atoms with Crippen molar-refractivity contribution in [3.05, 3.63) is 18.6 Å². The Balaban J connectivity index is 2.83. The van der Waals surface area contributed by atoms with Crippen molar-refractivity contribution in [3.63, 3.8) is 0 Å². The number of nitrogens with zero attached hydrogens (tertiary/aromatic N) is 2. The van der Waals surface area contributed by atoms with Gasteiger partial charge in [0.15, 0.2) is 0 Å². The monoisotopic (exact) mass is 222 g/mol. The molecule has 1 rings (SSSR count). The van der Waals surface area contributed by atoms with Gasteiger partial charge in [-0.15, -0.1) is 0 Å². The van der Waals surface area contributed by atoms with Crippen LogP contribution in [0.1, 0.15) is 0 Å². The van der Waals surface area contributed by atoms with E-state index in [0.717, 1.165) is 4.29 Å². The van der Waals surface area contributed by atoms with Crippen LogP contribution >= 0.6 is 13.6 Å². The fourth-order valence-electron chi connectivity index (χ4n) is 0.399. The van der Waals surface area contributed by atoms with Gasteiger partial charge in [0, 0.05) is 0 Å². The van der Waals surface area contributed by atoms with E-state index >= 15 is 0 Å². The van der Waals surface area contributed by atoms with Crippen LogP contribution < -0.4 is 4.29 Å². The van der Waals surface area contributed by atoms with Gasteiger partial charge in [-0.05, 0) is 0 Å². The van der Waals surface area contributed by atoms with Crippen molar-refractivity contribution in [1.29, 1.82) is 0 Å². The zero-order valence-corrected chi connectivity index (χ0v) is 8.76. The van der Waals surface area contributed by atoms with Crippen molar-refractivity contribution >= 4 is 17.9 Å². The molecule has 0 aliphatic carbocycles. The molecule has 0 bridgehead atoms. The second-order valence-corrected chi connectivity index (χ2v) is 6.32. The van der Waals surface area contributed by atoms with Gasteiger partial charge in [0.1, 0.15) is 0 Å². The molecule has 0 amide bonds. The maximum atomic E-state index is 4.07. The van der Waals surface area contributed by atoms with E-state index in [9.17, 15) is 0 Å². The molecule has 1 aromatic rings. The molecule has 0 unspecified atom stereocenters. The Hall–Kier alpha value is 0.183. The van der Waals surface area contributed by atoms with Crippen molar-refractivity contribution in [1.82, 2.24) is 9.97 Å². The molecule has 0 atom stereocenters. The molecule has 0 saturated heterocycles. The number of aromatic nitrogens is 2. The summed E-state index contributed by atoms with van der Waals surface area (Å²) >= 11 is 2.81. The van der Waals surface area contributed by atoms with Gasteiger partial charge in [-0.2, -0.15) is 0 Å². The van der Waals surface area contributed by atoms with Crippen molar-refractivity contribution < 1.29 is 15.2 Å². The summed E-state index contributed by atoms with van der Waals surface area (Å²) < 4.78 is 1.15. The summed E-state index contributed by atoms with van der Waals surface area (Å²) in [5.74, 6) is 0. The van der Waals surface area contributed by atoms with E-state index in [4.69, 9.17) is 0 Å². The van der Waals surface area contributed by atoms with E-state index in [1.807, 2.05) is 6.20 Å². The van der Waals surface area contributed by atoms with Crippen molar-refractivity contribution in [2.45, 2.75) is 0 Å². The number of rotatable bonds is 1. The first-order chi connectivity index (χ1) is 3.93. The Morgan fingerprint density at radius 2 is 2.38 bits per heavy atom. The maximum absolute atomic E-state index is 4.07. The standard InChI is InChI=1S/C4H3N2.BrH.Zn/c1-2-6-4-3-5-1;;/h1-3H;1H;/q;;+1/p-1. The summed E-state index contributed by atoms with van der Waals surface area (Å²) in [6.45, 7) is 0. The van der Waals surface area contributed by atoms with E-state index in [1.54, 1.807) is 12.4 Å². The molecule has 0 saturated carbocycles. The fraction of sp³-hybridized carbons (Fsp3) is 0. The van der Waals surface area contributed by atoms with E-state index in [2.05, 4.69) is 23.6 Å². The summed E-state index contributed by atoms with van der Waals surface area (Å²) in [5, 5.41) is 0. The predicted molar refractivity (Wildman–Crippen MR) is 30.6 cm³/mol. The van der Waals surface area contributed by atoms with Gasteiger partial charge < -0.3 is 0 Å². The predicted octanol–water partition coefficient (Wildman–Crippen LogP) is 0.494. The Kier molecular flexibility index (Phi) is 2.57. The molecular formula is C4H3BrN2Zn. The third-order valence-electron chi connectivity index (χ3n) is 0.754. The molecule has 0 aliphatic rings. The summed E-state index contributed by atoms with van der Waals surface area (Å²) in [6, 6.07) is 0. The summed E-state index contributed by atoms with van der Waals surface area (Å²) in [4.78, 5) is 7.98. The zero-order valence-electron chi connectivity index (χ0n) is 4.21. The van der Waals surface area contributed by atoms with Crippen molar-refractivity contribution in [3.8, 4) is 0 Å². The van der Waals surface area contributed by atoms with Crippen LogP contribution in [0.3, 0.4) is 0 Å². The normalized spacial score (nSPS) is 8.12. The first kappa shape index (κ1) is 6.31. The van der Waals surface area contributed by atoms with Crippen LogP contribution in [0.2, 0.25) is 0 Å². The van der Waals surface area contributed by atoms with Gasteiger partial charge in [0.25, 0.3) is 0 Å². The zero-order chi connectivity index (χ0) is 5.82. The average molecular weight is 224 g/mol. The van der Waals surface area contributed by atoms with Gasteiger partial charge in [-0.3, -0.25) is 0 Å². The van der Waals surface area contributed by atoms with Crippen LogP contribution in [-0.2, 0) is 15.2 Å². The van der Waals surface area contributed by atoms with Crippen LogP contribution in [0.5, 0.6) is 0 Å². The first-order valence-electron chi connectivity index (χ1n) is 2.24. The Morgan fingerprint density at radius 1 is 1.50 bits per heavy atom. The van der Waals surface area contributed by atoms with Gasteiger partial charge in [-0.1, -0.05) is 0 Å². The minimum absolute atomic E-state index is 0.637. The van der Waals surface area contributed by atoms with E-state index in [-0.39, 0.29) is 0 Å². The summed E-state index contributed by atoms with van der Waals surface area (Å²) in [7, 11) is 0. The number of hydrogen-bond donors (Lipinski definition) is 0. The Bertz CT molecular complexity index is 155. The number of hydrogen-bond acceptors (Lipinski definition) is 2. The Morgan fingerprint density at radius 3 is 2.75 bits per heavy atom. The van der Waals surface area contributed by atoms with E-state index in [0.29, 0.717) is 0 Å². The number of halogens is 1. The molecule has 0 fully saturated rings. The Labute approximate surface area is 61.7 Å². The molecule has 1 aromatic heterocycles. The second kappa shape index (κ2) is 3.26. The first-order valence-corrected chi connectivity index (χ1v) is 10.7. The molecule has 0 spiro atoms. The molecule has 0 radical (unpaired) electrons. The van der Waals surface area contributed by atoms with Crippen LogP contribution in [0.25, 0.3) is 0 Å². The van der Waals surface area contributed by atoms with Gasteiger partial charge in [0.2, 0.25) is 0 Å². The van der Waals surface area contributed by atoms with Crippen LogP contribution in [0.4, 0.5) is 0 Å². The van der Waals surface area contributed by atoms with Crippen LogP contribution in [0.15, 0.2) is 18.6 Å². The van der Waals surface area contributed by atoms with Crippen LogP contribution in [0, 0.1) is 0 Å². The molecule has 0 aromatic carbocycles. The molecule has 2 nitrogen and oxygen atoms in total. The van der Waals surface area contributed by atoms with E-state index in [1.165, 1.54) is 0 Å². The molecule has 0 aliphatic heterocycles.